The Labute approximate surface area is 220 Å². The lowest BCUT2D eigenvalue weighted by atomic mass is 10.2. The van der Waals surface area contributed by atoms with E-state index in [9.17, 15) is 22.8 Å². The zero-order valence-electron chi connectivity index (χ0n) is 20.5. The zero-order chi connectivity index (χ0) is 26.9. The summed E-state index contributed by atoms with van der Waals surface area (Å²) < 4.78 is 40.3. The van der Waals surface area contributed by atoms with E-state index in [0.717, 1.165) is 25.2 Å². The number of alkyl halides is 3. The van der Waals surface area contributed by atoms with Crippen LogP contribution >= 0.6 is 11.3 Å². The summed E-state index contributed by atoms with van der Waals surface area (Å²) in [6.07, 6.45) is -2.93. The molecule has 1 aromatic carbocycles. The second-order valence-electron chi connectivity index (χ2n) is 9.07. The number of thiophene rings is 1. The molecule has 198 valence electrons. The SMILES string of the molecule is CC(c1cccs1)N1CCN(C(=O)Cn2cc3cc(NC(=O)c4cccc(C(F)(F)F)n4)ccc3n2)CC1. The van der Waals surface area contributed by atoms with Crippen LogP contribution in [0, 0.1) is 0 Å². The molecule has 0 bridgehead atoms. The maximum Gasteiger partial charge on any atom is 0.433 e. The third kappa shape index (κ3) is 5.70. The van der Waals surface area contributed by atoms with Crippen LogP contribution in [0.4, 0.5) is 18.9 Å². The van der Waals surface area contributed by atoms with Crippen molar-refractivity contribution < 1.29 is 22.8 Å². The summed E-state index contributed by atoms with van der Waals surface area (Å²) in [6, 6.07) is 12.6. The van der Waals surface area contributed by atoms with Gasteiger partial charge in [-0.2, -0.15) is 18.3 Å². The third-order valence-corrected chi connectivity index (χ3v) is 7.59. The molecule has 12 heteroatoms. The summed E-state index contributed by atoms with van der Waals surface area (Å²) in [6.45, 7) is 5.17. The number of fused-ring (bicyclic) bond motifs is 1. The number of rotatable bonds is 6. The number of nitrogens with one attached hydrogen (secondary N) is 1. The van der Waals surface area contributed by atoms with Gasteiger partial charge in [-0.25, -0.2) is 4.98 Å². The lowest BCUT2D eigenvalue weighted by Crippen LogP contribution is -2.50. The van der Waals surface area contributed by atoms with Gasteiger partial charge in [-0.05, 0) is 48.7 Å². The quantitative estimate of drug-likeness (QED) is 0.383. The highest BCUT2D eigenvalue weighted by Gasteiger charge is 2.33. The van der Waals surface area contributed by atoms with Gasteiger partial charge in [-0.15, -0.1) is 11.3 Å². The Kier molecular flexibility index (Phi) is 7.17. The minimum Gasteiger partial charge on any atom is -0.339 e. The maximum atomic E-state index is 12.9. The molecular weight excluding hydrogens is 517 g/mol. The fraction of sp³-hybridized carbons (Fsp3) is 0.308. The summed E-state index contributed by atoms with van der Waals surface area (Å²) in [5, 5.41) is 9.78. The molecule has 1 N–H and O–H groups in total. The molecule has 0 aliphatic carbocycles. The van der Waals surface area contributed by atoms with Crippen molar-refractivity contribution in [1.82, 2.24) is 24.6 Å². The monoisotopic (exact) mass is 542 g/mol. The number of aromatic nitrogens is 3. The Morgan fingerprint density at radius 1 is 1.08 bits per heavy atom. The van der Waals surface area contributed by atoms with Gasteiger partial charge < -0.3 is 10.2 Å². The predicted molar refractivity (Wildman–Crippen MR) is 138 cm³/mol. The first-order valence-electron chi connectivity index (χ1n) is 12.1. The summed E-state index contributed by atoms with van der Waals surface area (Å²) >= 11 is 1.74. The van der Waals surface area contributed by atoms with Gasteiger partial charge in [0.1, 0.15) is 17.9 Å². The Bertz CT molecular complexity index is 1440. The lowest BCUT2D eigenvalue weighted by molar-refractivity contribution is -0.141. The Morgan fingerprint density at radius 2 is 1.87 bits per heavy atom. The molecule has 0 saturated carbocycles. The molecule has 38 heavy (non-hydrogen) atoms. The molecule has 4 heterocycles. The van der Waals surface area contributed by atoms with Crippen LogP contribution in [0.25, 0.3) is 10.9 Å². The Morgan fingerprint density at radius 3 is 2.58 bits per heavy atom. The van der Waals surface area contributed by atoms with Crippen LogP contribution in [0.5, 0.6) is 0 Å². The standard InChI is InChI=1S/C26H25F3N6O2S/c1-17(22-5-3-13-38-22)33-9-11-34(12-10-33)24(36)16-35-15-18-14-19(7-8-20(18)32-35)30-25(37)21-4-2-6-23(31-21)26(27,28)29/h2-8,13-15,17H,9-12,16H2,1H3,(H,30,37). The van der Waals surface area contributed by atoms with E-state index < -0.39 is 17.8 Å². The highest BCUT2D eigenvalue weighted by atomic mass is 32.1. The summed E-state index contributed by atoms with van der Waals surface area (Å²) in [7, 11) is 0. The van der Waals surface area contributed by atoms with E-state index >= 15 is 0 Å². The van der Waals surface area contributed by atoms with Crippen molar-refractivity contribution in [2.24, 2.45) is 0 Å². The van der Waals surface area contributed by atoms with E-state index in [-0.39, 0.29) is 18.1 Å². The molecule has 1 aliphatic rings. The van der Waals surface area contributed by atoms with Gasteiger partial charge in [-0.1, -0.05) is 12.1 Å². The molecule has 8 nitrogen and oxygen atoms in total. The van der Waals surface area contributed by atoms with Crippen molar-refractivity contribution >= 4 is 39.7 Å². The number of halogens is 3. The molecule has 4 aromatic rings. The highest BCUT2D eigenvalue weighted by Crippen LogP contribution is 2.28. The number of amides is 2. The van der Waals surface area contributed by atoms with Gasteiger partial charge >= 0.3 is 6.18 Å². The summed E-state index contributed by atoms with van der Waals surface area (Å²) in [4.78, 5) is 34.3. The van der Waals surface area contributed by atoms with Crippen LogP contribution in [0.15, 0.2) is 60.1 Å². The number of hydrogen-bond acceptors (Lipinski definition) is 6. The second-order valence-corrected chi connectivity index (χ2v) is 10.0. The van der Waals surface area contributed by atoms with Gasteiger partial charge in [0.15, 0.2) is 0 Å². The molecule has 0 spiro atoms. The fourth-order valence-corrected chi connectivity index (χ4v) is 5.27. The van der Waals surface area contributed by atoms with Crippen molar-refractivity contribution in [2.45, 2.75) is 25.7 Å². The number of carbonyl (C=O) groups excluding carboxylic acids is 2. The number of anilines is 1. The van der Waals surface area contributed by atoms with E-state index in [1.807, 2.05) is 4.90 Å². The maximum absolute atomic E-state index is 12.9. The van der Waals surface area contributed by atoms with Crippen molar-refractivity contribution in [3.05, 3.63) is 76.4 Å². The molecule has 2 amide bonds. The molecule has 3 aromatic heterocycles. The number of hydrogen-bond donors (Lipinski definition) is 1. The highest BCUT2D eigenvalue weighted by molar-refractivity contribution is 7.10. The summed E-state index contributed by atoms with van der Waals surface area (Å²) in [5.74, 6) is -0.782. The van der Waals surface area contributed by atoms with Crippen molar-refractivity contribution in [3.63, 3.8) is 0 Å². The van der Waals surface area contributed by atoms with Crippen LogP contribution in [-0.4, -0.2) is 62.6 Å². The van der Waals surface area contributed by atoms with E-state index in [4.69, 9.17) is 0 Å². The first-order chi connectivity index (χ1) is 18.2. The molecule has 0 radical (unpaired) electrons. The number of piperazine rings is 1. The predicted octanol–water partition coefficient (Wildman–Crippen LogP) is 4.67. The van der Waals surface area contributed by atoms with Crippen LogP contribution in [-0.2, 0) is 17.5 Å². The van der Waals surface area contributed by atoms with E-state index in [2.05, 4.69) is 44.7 Å². The molecule has 1 saturated heterocycles. The van der Waals surface area contributed by atoms with Gasteiger partial charge in [0.2, 0.25) is 5.91 Å². The lowest BCUT2D eigenvalue weighted by Gasteiger charge is -2.37. The first kappa shape index (κ1) is 25.9. The number of benzene rings is 1. The van der Waals surface area contributed by atoms with Crippen molar-refractivity contribution in [1.29, 1.82) is 0 Å². The smallest absolute Gasteiger partial charge is 0.339 e. The van der Waals surface area contributed by atoms with Crippen LogP contribution in [0.3, 0.4) is 0 Å². The Balaban J connectivity index is 1.19. The Hall–Kier alpha value is -3.77. The fourth-order valence-electron chi connectivity index (χ4n) is 4.46. The van der Waals surface area contributed by atoms with Gasteiger partial charge in [0.25, 0.3) is 5.91 Å². The van der Waals surface area contributed by atoms with Crippen molar-refractivity contribution in [2.75, 3.05) is 31.5 Å². The number of nitrogens with zero attached hydrogens (tertiary/aromatic N) is 5. The van der Waals surface area contributed by atoms with Crippen LogP contribution in [0.2, 0.25) is 0 Å². The number of pyridine rings is 1. The van der Waals surface area contributed by atoms with E-state index in [1.54, 1.807) is 40.4 Å². The van der Waals surface area contributed by atoms with E-state index in [1.165, 1.54) is 10.9 Å². The average Bonchev–Trinajstić information content (AvgIpc) is 3.58. The molecular formula is C26H25F3N6O2S. The minimum atomic E-state index is -4.64. The molecule has 1 atom stereocenters. The third-order valence-electron chi connectivity index (χ3n) is 6.55. The second kappa shape index (κ2) is 10.5. The molecule has 1 unspecified atom stereocenters. The normalized spacial score (nSPS) is 15.5. The topological polar surface area (TPSA) is 83.4 Å². The largest absolute Gasteiger partial charge is 0.433 e. The first-order valence-corrected chi connectivity index (χ1v) is 12.9. The average molecular weight is 543 g/mol. The molecule has 1 fully saturated rings. The van der Waals surface area contributed by atoms with Gasteiger partial charge in [0.05, 0.1) is 5.52 Å². The summed E-state index contributed by atoms with van der Waals surface area (Å²) in [5.41, 5.74) is -0.470. The van der Waals surface area contributed by atoms with E-state index in [0.29, 0.717) is 35.7 Å². The van der Waals surface area contributed by atoms with Gasteiger partial charge in [0, 0.05) is 54.4 Å². The van der Waals surface area contributed by atoms with Crippen LogP contribution < -0.4 is 5.32 Å². The van der Waals surface area contributed by atoms with Crippen molar-refractivity contribution in [3.8, 4) is 0 Å². The molecule has 1 aliphatic heterocycles. The number of carbonyl (C=O) groups is 2. The van der Waals surface area contributed by atoms with Gasteiger partial charge in [-0.3, -0.25) is 19.2 Å². The zero-order valence-corrected chi connectivity index (χ0v) is 21.3. The molecule has 5 rings (SSSR count). The van der Waals surface area contributed by atoms with Crippen LogP contribution in [0.1, 0.15) is 34.0 Å². The minimum absolute atomic E-state index is 0.0228.